The van der Waals surface area contributed by atoms with Crippen molar-refractivity contribution in [1.82, 2.24) is 40.1 Å². The smallest absolute Gasteiger partial charge is 0.228 e. The standard InChI is InChI=1S/C27H31N11O/c1-17-14-36(26(39)20-4-5-21(20)38-32-8-9-33-38)18(2)13-35(17)24-23-25(30-16-29-24)37(15-27(23)6-3-7-27)22-10-19(11-28)12-31-34-22/h8-10,12,16-18,20-21H,3-7,13-15H2,1-2H3/t17-,18+,20?,21-/m0/s1. The molecule has 3 aromatic heterocycles. The van der Waals surface area contributed by atoms with Gasteiger partial charge >= 0.3 is 0 Å². The van der Waals surface area contributed by atoms with Crippen LogP contribution >= 0.6 is 0 Å². The lowest BCUT2D eigenvalue weighted by Crippen LogP contribution is -2.61. The quantitative estimate of drug-likeness (QED) is 0.500. The minimum Gasteiger partial charge on any atom is -0.350 e. The van der Waals surface area contributed by atoms with Crippen LogP contribution in [0.5, 0.6) is 0 Å². The van der Waals surface area contributed by atoms with Gasteiger partial charge in [-0.2, -0.15) is 25.4 Å². The van der Waals surface area contributed by atoms with Crippen LogP contribution in [0.4, 0.5) is 17.5 Å². The first-order valence-electron chi connectivity index (χ1n) is 13.8. The summed E-state index contributed by atoms with van der Waals surface area (Å²) in [5.41, 5.74) is 1.61. The first-order valence-corrected chi connectivity index (χ1v) is 13.8. The van der Waals surface area contributed by atoms with E-state index in [-0.39, 0.29) is 35.4 Å². The summed E-state index contributed by atoms with van der Waals surface area (Å²) < 4.78 is 0. The minimum absolute atomic E-state index is 0.0396. The maximum atomic E-state index is 13.7. The molecular weight excluding hydrogens is 494 g/mol. The number of rotatable bonds is 4. The van der Waals surface area contributed by atoms with Gasteiger partial charge in [-0.3, -0.25) is 4.79 Å². The van der Waals surface area contributed by atoms with Gasteiger partial charge in [0, 0.05) is 48.8 Å². The van der Waals surface area contributed by atoms with Crippen molar-refractivity contribution < 1.29 is 4.79 Å². The molecule has 39 heavy (non-hydrogen) atoms. The normalized spacial score (nSPS) is 27.1. The molecule has 5 heterocycles. The zero-order valence-corrected chi connectivity index (χ0v) is 22.2. The molecular formula is C27H31N11O. The number of fused-ring (bicyclic) bond motifs is 2. The highest BCUT2D eigenvalue weighted by Crippen LogP contribution is 2.56. The number of anilines is 3. The van der Waals surface area contributed by atoms with Crippen molar-refractivity contribution in [1.29, 1.82) is 5.26 Å². The summed E-state index contributed by atoms with van der Waals surface area (Å²) in [6.07, 6.45) is 11.6. The van der Waals surface area contributed by atoms with E-state index in [1.807, 2.05) is 0 Å². The molecule has 2 aliphatic heterocycles. The van der Waals surface area contributed by atoms with Gasteiger partial charge in [-0.15, -0.1) is 5.10 Å². The highest BCUT2D eigenvalue weighted by atomic mass is 16.2. The third-order valence-corrected chi connectivity index (χ3v) is 9.24. The van der Waals surface area contributed by atoms with Crippen molar-refractivity contribution in [2.75, 3.05) is 29.4 Å². The Morgan fingerprint density at radius 2 is 1.87 bits per heavy atom. The molecule has 0 radical (unpaired) electrons. The predicted molar refractivity (Wildman–Crippen MR) is 141 cm³/mol. The third kappa shape index (κ3) is 3.66. The number of nitriles is 1. The van der Waals surface area contributed by atoms with Crippen LogP contribution < -0.4 is 9.80 Å². The van der Waals surface area contributed by atoms with Crippen LogP contribution in [0.25, 0.3) is 0 Å². The maximum absolute atomic E-state index is 13.7. The molecule has 2 saturated carbocycles. The Hall–Kier alpha value is -4.14. The van der Waals surface area contributed by atoms with Crippen molar-refractivity contribution in [3.8, 4) is 6.07 Å². The van der Waals surface area contributed by atoms with Crippen LogP contribution in [0.1, 0.15) is 63.1 Å². The predicted octanol–water partition coefficient (Wildman–Crippen LogP) is 2.38. The molecule has 12 heteroatoms. The van der Waals surface area contributed by atoms with Gasteiger partial charge in [0.25, 0.3) is 0 Å². The van der Waals surface area contributed by atoms with Gasteiger partial charge in [-0.1, -0.05) is 6.42 Å². The van der Waals surface area contributed by atoms with Crippen LogP contribution in [-0.4, -0.2) is 77.7 Å². The molecule has 1 spiro atoms. The molecule has 0 bridgehead atoms. The van der Waals surface area contributed by atoms with Crippen molar-refractivity contribution >= 4 is 23.4 Å². The summed E-state index contributed by atoms with van der Waals surface area (Å²) in [6, 6.07) is 4.13. The lowest BCUT2D eigenvalue weighted by atomic mass is 9.66. The van der Waals surface area contributed by atoms with Gasteiger partial charge < -0.3 is 14.7 Å². The van der Waals surface area contributed by atoms with Gasteiger partial charge in [0.1, 0.15) is 24.0 Å². The molecule has 3 aromatic rings. The van der Waals surface area contributed by atoms with E-state index in [4.69, 9.17) is 9.97 Å². The van der Waals surface area contributed by atoms with Gasteiger partial charge in [0.15, 0.2) is 5.82 Å². The van der Waals surface area contributed by atoms with Crippen molar-refractivity contribution in [2.24, 2.45) is 5.92 Å². The van der Waals surface area contributed by atoms with Crippen LogP contribution in [0, 0.1) is 17.2 Å². The van der Waals surface area contributed by atoms with Crippen LogP contribution in [0.15, 0.2) is 31.0 Å². The van der Waals surface area contributed by atoms with Crippen LogP contribution in [0.3, 0.4) is 0 Å². The summed E-state index contributed by atoms with van der Waals surface area (Å²) in [5, 5.41) is 26.4. The summed E-state index contributed by atoms with van der Waals surface area (Å²) in [7, 11) is 0. The molecule has 12 nitrogen and oxygen atoms in total. The number of amides is 1. The van der Waals surface area contributed by atoms with E-state index in [9.17, 15) is 10.1 Å². The minimum atomic E-state index is -0.0704. The number of carbonyl (C=O) groups is 1. The second kappa shape index (κ2) is 8.97. The Morgan fingerprint density at radius 3 is 2.56 bits per heavy atom. The van der Waals surface area contributed by atoms with Gasteiger partial charge in [0.05, 0.1) is 36.1 Å². The Labute approximate surface area is 226 Å². The van der Waals surface area contributed by atoms with Gasteiger partial charge in [-0.25, -0.2) is 9.97 Å². The number of aromatic nitrogens is 7. The summed E-state index contributed by atoms with van der Waals surface area (Å²) >= 11 is 0. The summed E-state index contributed by atoms with van der Waals surface area (Å²) in [6.45, 7) is 6.40. The van der Waals surface area contributed by atoms with Crippen molar-refractivity contribution in [2.45, 2.75) is 69.5 Å². The average molecular weight is 526 g/mol. The number of hydrogen-bond acceptors (Lipinski definition) is 10. The molecule has 4 aliphatic rings. The largest absolute Gasteiger partial charge is 0.350 e. The van der Waals surface area contributed by atoms with E-state index < -0.39 is 0 Å². The van der Waals surface area contributed by atoms with E-state index >= 15 is 0 Å². The lowest BCUT2D eigenvalue weighted by molar-refractivity contribution is -0.144. The monoisotopic (exact) mass is 525 g/mol. The maximum Gasteiger partial charge on any atom is 0.228 e. The molecule has 200 valence electrons. The van der Waals surface area contributed by atoms with Gasteiger partial charge in [0.2, 0.25) is 5.91 Å². The highest BCUT2D eigenvalue weighted by molar-refractivity contribution is 5.81. The molecule has 2 aliphatic carbocycles. The first kappa shape index (κ1) is 23.9. The van der Waals surface area contributed by atoms with Crippen LogP contribution in [-0.2, 0) is 10.2 Å². The average Bonchev–Trinajstić information content (AvgIpc) is 3.55. The Kier molecular flexibility index (Phi) is 5.50. The Balaban J connectivity index is 1.17. The van der Waals surface area contributed by atoms with Crippen molar-refractivity contribution in [3.05, 3.63) is 42.1 Å². The van der Waals surface area contributed by atoms with Crippen LogP contribution in [0.2, 0.25) is 0 Å². The highest BCUT2D eigenvalue weighted by Gasteiger charge is 2.52. The molecule has 1 unspecified atom stereocenters. The van der Waals surface area contributed by atoms with E-state index in [1.165, 1.54) is 11.8 Å². The number of carbonyl (C=O) groups excluding carboxylic acids is 1. The molecule has 7 rings (SSSR count). The zero-order chi connectivity index (χ0) is 26.7. The fraction of sp³-hybridized carbons (Fsp3) is 0.556. The fourth-order valence-electron chi connectivity index (χ4n) is 6.86. The first-order chi connectivity index (χ1) is 19.0. The lowest BCUT2D eigenvalue weighted by Gasteiger charge is -2.48. The van der Waals surface area contributed by atoms with E-state index in [0.29, 0.717) is 24.5 Å². The number of nitrogens with zero attached hydrogens (tertiary/aromatic N) is 11. The molecule has 1 saturated heterocycles. The van der Waals surface area contributed by atoms with Gasteiger partial charge in [-0.05, 0) is 39.5 Å². The second-order valence-corrected chi connectivity index (χ2v) is 11.5. The second-order valence-electron chi connectivity index (χ2n) is 11.5. The number of piperazine rings is 1. The zero-order valence-electron chi connectivity index (χ0n) is 22.2. The molecule has 1 amide bonds. The summed E-state index contributed by atoms with van der Waals surface area (Å²) in [5.74, 6) is 2.58. The topological polar surface area (TPSA) is 133 Å². The molecule has 0 N–H and O–H groups in total. The fourth-order valence-corrected chi connectivity index (χ4v) is 6.86. The summed E-state index contributed by atoms with van der Waals surface area (Å²) in [4.78, 5) is 31.4. The van der Waals surface area contributed by atoms with E-state index in [1.54, 1.807) is 29.6 Å². The molecule has 3 fully saturated rings. The molecule has 4 atom stereocenters. The van der Waals surface area contributed by atoms with E-state index in [0.717, 1.165) is 50.3 Å². The van der Waals surface area contributed by atoms with Crippen molar-refractivity contribution in [3.63, 3.8) is 0 Å². The Bertz CT molecular complexity index is 1450. The SMILES string of the molecule is C[C@@H]1CN(c2ncnc3c2C2(CCC2)CN3c2cc(C#N)cnn2)[C@@H](C)CN1C(=O)C1CC[C@@H]1n1nccn1. The Morgan fingerprint density at radius 1 is 1.08 bits per heavy atom. The molecule has 0 aromatic carbocycles. The van der Waals surface area contributed by atoms with E-state index in [2.05, 4.69) is 55.0 Å². The number of hydrogen-bond donors (Lipinski definition) is 0. The third-order valence-electron chi connectivity index (χ3n) is 9.24.